The Morgan fingerprint density at radius 1 is 1.16 bits per heavy atom. The molecule has 0 aliphatic rings. The minimum Gasteiger partial charge on any atom is -0.369 e. The predicted octanol–water partition coefficient (Wildman–Crippen LogP) is 2.92. The highest BCUT2D eigenvalue weighted by Gasteiger charge is 2.05. The lowest BCUT2D eigenvalue weighted by Gasteiger charge is -2.06. The molecule has 3 aromatic rings. The van der Waals surface area contributed by atoms with Crippen LogP contribution in [0.1, 0.15) is 11.3 Å². The number of aryl methyl sites for hydroxylation is 1. The third-order valence-corrected chi connectivity index (χ3v) is 3.11. The molecular weight excluding hydrogens is 236 g/mol. The van der Waals surface area contributed by atoms with E-state index in [9.17, 15) is 0 Å². The maximum atomic E-state index is 4.31. The molecule has 19 heavy (non-hydrogen) atoms. The van der Waals surface area contributed by atoms with Gasteiger partial charge in [-0.2, -0.15) is 0 Å². The zero-order valence-corrected chi connectivity index (χ0v) is 10.9. The number of hydrogen-bond donors (Lipinski definition) is 2. The maximum absolute atomic E-state index is 4.31. The van der Waals surface area contributed by atoms with Crippen LogP contribution in [-0.4, -0.2) is 21.5 Å². The van der Waals surface area contributed by atoms with Crippen LogP contribution in [-0.2, 0) is 6.42 Å². The van der Waals surface area contributed by atoms with E-state index in [-0.39, 0.29) is 0 Å². The first-order valence-electron chi connectivity index (χ1n) is 6.41. The highest BCUT2D eigenvalue weighted by molar-refractivity contribution is 5.87. The van der Waals surface area contributed by atoms with Gasteiger partial charge in [-0.25, -0.2) is 9.97 Å². The fourth-order valence-electron chi connectivity index (χ4n) is 2.18. The van der Waals surface area contributed by atoms with Crippen LogP contribution in [0.2, 0.25) is 0 Å². The molecule has 0 unspecified atom stereocenters. The van der Waals surface area contributed by atoms with Gasteiger partial charge in [-0.1, -0.05) is 30.3 Å². The molecule has 2 N–H and O–H groups in total. The van der Waals surface area contributed by atoms with Crippen molar-refractivity contribution in [3.05, 3.63) is 54.0 Å². The Kier molecular flexibility index (Phi) is 3.14. The number of hydrogen-bond acceptors (Lipinski definition) is 3. The molecule has 0 saturated heterocycles. The minimum absolute atomic E-state index is 0.861. The Morgan fingerprint density at radius 2 is 2.00 bits per heavy atom. The summed E-state index contributed by atoms with van der Waals surface area (Å²) in [4.78, 5) is 11.7. The number of aromatic nitrogens is 3. The van der Waals surface area contributed by atoms with Gasteiger partial charge in [-0.3, -0.25) is 0 Å². The molecule has 0 aliphatic heterocycles. The molecule has 96 valence electrons. The standard InChI is InChI=1S/C15H16N4/c1-11-9-13-14(17-10-18-15(13)19-11)16-8-7-12-5-3-2-4-6-12/h2-6,9-10H,7-8H2,1H3,(H2,16,17,18,19). The van der Waals surface area contributed by atoms with Gasteiger partial charge in [0.05, 0.1) is 5.39 Å². The molecule has 3 rings (SSSR count). The highest BCUT2D eigenvalue weighted by Crippen LogP contribution is 2.19. The SMILES string of the molecule is Cc1cc2c(NCCc3ccccc3)ncnc2[nH]1. The Morgan fingerprint density at radius 3 is 2.84 bits per heavy atom. The van der Waals surface area contributed by atoms with E-state index in [1.807, 2.05) is 13.0 Å². The van der Waals surface area contributed by atoms with Crippen molar-refractivity contribution in [3.63, 3.8) is 0 Å². The maximum Gasteiger partial charge on any atom is 0.143 e. The predicted molar refractivity (Wildman–Crippen MR) is 77.3 cm³/mol. The number of aromatic amines is 1. The lowest BCUT2D eigenvalue weighted by atomic mass is 10.1. The van der Waals surface area contributed by atoms with Gasteiger partial charge in [-0.15, -0.1) is 0 Å². The van der Waals surface area contributed by atoms with Crippen molar-refractivity contribution in [2.24, 2.45) is 0 Å². The lowest BCUT2D eigenvalue weighted by Crippen LogP contribution is -2.06. The van der Waals surface area contributed by atoms with Gasteiger partial charge in [0.1, 0.15) is 17.8 Å². The van der Waals surface area contributed by atoms with E-state index >= 15 is 0 Å². The zero-order chi connectivity index (χ0) is 13.1. The highest BCUT2D eigenvalue weighted by atomic mass is 15.0. The Hall–Kier alpha value is -2.36. The number of anilines is 1. The van der Waals surface area contributed by atoms with Crippen molar-refractivity contribution in [2.75, 3.05) is 11.9 Å². The number of fused-ring (bicyclic) bond motifs is 1. The molecule has 0 aliphatic carbocycles. The van der Waals surface area contributed by atoms with Crippen molar-refractivity contribution in [1.29, 1.82) is 0 Å². The molecule has 0 atom stereocenters. The first-order chi connectivity index (χ1) is 9.33. The quantitative estimate of drug-likeness (QED) is 0.750. The first-order valence-corrected chi connectivity index (χ1v) is 6.41. The van der Waals surface area contributed by atoms with E-state index in [1.54, 1.807) is 6.33 Å². The summed E-state index contributed by atoms with van der Waals surface area (Å²) >= 11 is 0. The summed E-state index contributed by atoms with van der Waals surface area (Å²) < 4.78 is 0. The van der Waals surface area contributed by atoms with Crippen molar-refractivity contribution in [1.82, 2.24) is 15.0 Å². The van der Waals surface area contributed by atoms with Crippen LogP contribution in [0.3, 0.4) is 0 Å². The van der Waals surface area contributed by atoms with E-state index in [0.29, 0.717) is 0 Å². The van der Waals surface area contributed by atoms with E-state index in [4.69, 9.17) is 0 Å². The molecular formula is C15H16N4. The first kappa shape index (κ1) is 11.7. The summed E-state index contributed by atoms with van der Waals surface area (Å²) in [6.07, 6.45) is 2.57. The van der Waals surface area contributed by atoms with Gasteiger partial charge in [0.25, 0.3) is 0 Å². The van der Waals surface area contributed by atoms with E-state index in [1.165, 1.54) is 5.56 Å². The number of benzene rings is 1. The van der Waals surface area contributed by atoms with Gasteiger partial charge in [0.2, 0.25) is 0 Å². The second-order valence-corrected chi connectivity index (χ2v) is 4.60. The molecule has 4 nitrogen and oxygen atoms in total. The summed E-state index contributed by atoms with van der Waals surface area (Å²) in [7, 11) is 0. The second-order valence-electron chi connectivity index (χ2n) is 4.60. The lowest BCUT2D eigenvalue weighted by molar-refractivity contribution is 1.01. The van der Waals surface area contributed by atoms with E-state index in [0.717, 1.165) is 35.5 Å². The van der Waals surface area contributed by atoms with Gasteiger partial charge in [0, 0.05) is 12.2 Å². The third kappa shape index (κ3) is 2.57. The summed E-state index contributed by atoms with van der Waals surface area (Å²) in [5, 5.41) is 4.43. The molecule has 0 bridgehead atoms. The zero-order valence-electron chi connectivity index (χ0n) is 10.9. The van der Waals surface area contributed by atoms with Gasteiger partial charge < -0.3 is 10.3 Å². The molecule has 1 aromatic carbocycles. The van der Waals surface area contributed by atoms with Crippen LogP contribution in [0.4, 0.5) is 5.82 Å². The van der Waals surface area contributed by atoms with Crippen LogP contribution in [0.25, 0.3) is 11.0 Å². The van der Waals surface area contributed by atoms with Crippen LogP contribution in [0, 0.1) is 6.92 Å². The van der Waals surface area contributed by atoms with Crippen LogP contribution < -0.4 is 5.32 Å². The number of rotatable bonds is 4. The average molecular weight is 252 g/mol. The van der Waals surface area contributed by atoms with Crippen molar-refractivity contribution in [3.8, 4) is 0 Å². The second kappa shape index (κ2) is 5.10. The van der Waals surface area contributed by atoms with Crippen LogP contribution >= 0.6 is 0 Å². The Balaban J connectivity index is 1.72. The van der Waals surface area contributed by atoms with E-state index < -0.39 is 0 Å². The minimum atomic E-state index is 0.861. The van der Waals surface area contributed by atoms with Crippen molar-refractivity contribution in [2.45, 2.75) is 13.3 Å². The van der Waals surface area contributed by atoms with E-state index in [2.05, 4.69) is 50.6 Å². The fourth-order valence-corrected chi connectivity index (χ4v) is 2.18. The van der Waals surface area contributed by atoms with Gasteiger partial charge in [-0.05, 0) is 25.0 Å². The molecule has 0 fully saturated rings. The van der Waals surface area contributed by atoms with Gasteiger partial charge >= 0.3 is 0 Å². The molecule has 0 radical (unpaired) electrons. The molecule has 0 spiro atoms. The topological polar surface area (TPSA) is 53.6 Å². The Labute approximate surface area is 111 Å². The number of H-pyrrole nitrogens is 1. The largest absolute Gasteiger partial charge is 0.369 e. The number of nitrogens with one attached hydrogen (secondary N) is 2. The van der Waals surface area contributed by atoms with Gasteiger partial charge in [0.15, 0.2) is 0 Å². The molecule has 2 heterocycles. The summed E-state index contributed by atoms with van der Waals surface area (Å²) in [5.41, 5.74) is 3.31. The summed E-state index contributed by atoms with van der Waals surface area (Å²) in [6, 6.07) is 12.5. The number of nitrogens with zero attached hydrogens (tertiary/aromatic N) is 2. The van der Waals surface area contributed by atoms with Crippen molar-refractivity contribution < 1.29 is 0 Å². The molecule has 2 aromatic heterocycles. The monoisotopic (exact) mass is 252 g/mol. The molecule has 4 heteroatoms. The Bertz CT molecular complexity index is 673. The third-order valence-electron chi connectivity index (χ3n) is 3.11. The molecule has 0 amide bonds. The summed E-state index contributed by atoms with van der Waals surface area (Å²) in [6.45, 7) is 2.88. The van der Waals surface area contributed by atoms with Crippen molar-refractivity contribution >= 4 is 16.9 Å². The normalized spacial score (nSPS) is 10.8. The smallest absolute Gasteiger partial charge is 0.143 e. The summed E-state index contributed by atoms with van der Waals surface area (Å²) in [5.74, 6) is 0.894. The van der Waals surface area contributed by atoms with Crippen LogP contribution in [0.15, 0.2) is 42.7 Å². The molecule has 0 saturated carbocycles. The fraction of sp³-hybridized carbons (Fsp3) is 0.200. The average Bonchev–Trinajstić information content (AvgIpc) is 2.81. The van der Waals surface area contributed by atoms with Crippen LogP contribution in [0.5, 0.6) is 0 Å².